The molecule has 0 atom stereocenters. The molecule has 128 valence electrons. The lowest BCUT2D eigenvalue weighted by Gasteiger charge is -2.19. The summed E-state index contributed by atoms with van der Waals surface area (Å²) in [6, 6.07) is 7.00. The molecule has 1 aliphatic rings. The molecular formula is C17H19ClN2O3S. The van der Waals surface area contributed by atoms with E-state index in [4.69, 9.17) is 11.6 Å². The van der Waals surface area contributed by atoms with Gasteiger partial charge in [-0.3, -0.25) is 19.3 Å². The maximum Gasteiger partial charge on any atom is 0.293 e. The fourth-order valence-electron chi connectivity index (χ4n) is 1.95. The first-order valence-electron chi connectivity index (χ1n) is 7.48. The minimum absolute atomic E-state index is 0.119. The summed E-state index contributed by atoms with van der Waals surface area (Å²) >= 11 is 6.73. The van der Waals surface area contributed by atoms with E-state index in [0.29, 0.717) is 9.93 Å². The molecule has 0 bridgehead atoms. The first kappa shape index (κ1) is 18.5. The third-order valence-electron chi connectivity index (χ3n) is 3.34. The average Bonchev–Trinajstić information content (AvgIpc) is 2.76. The highest BCUT2D eigenvalue weighted by Gasteiger charge is 2.34. The monoisotopic (exact) mass is 366 g/mol. The number of nitrogens with zero attached hydrogens (tertiary/aromatic N) is 1. The van der Waals surface area contributed by atoms with Crippen molar-refractivity contribution in [2.45, 2.75) is 20.8 Å². The van der Waals surface area contributed by atoms with E-state index in [0.717, 1.165) is 22.2 Å². The largest absolute Gasteiger partial charge is 0.354 e. The molecule has 0 radical (unpaired) electrons. The van der Waals surface area contributed by atoms with Gasteiger partial charge in [0.15, 0.2) is 0 Å². The summed E-state index contributed by atoms with van der Waals surface area (Å²) in [5.74, 6) is -0.462. The number of hydrogen-bond donors (Lipinski definition) is 1. The van der Waals surface area contributed by atoms with Crippen LogP contribution in [0.1, 0.15) is 26.3 Å². The predicted octanol–water partition coefficient (Wildman–Crippen LogP) is 3.54. The van der Waals surface area contributed by atoms with Crippen molar-refractivity contribution in [1.29, 1.82) is 0 Å². The van der Waals surface area contributed by atoms with E-state index in [9.17, 15) is 14.4 Å². The van der Waals surface area contributed by atoms with Crippen molar-refractivity contribution in [3.63, 3.8) is 0 Å². The Kier molecular flexibility index (Phi) is 5.72. The molecule has 0 aliphatic carbocycles. The molecule has 0 aromatic heterocycles. The van der Waals surface area contributed by atoms with Gasteiger partial charge in [0.25, 0.3) is 11.1 Å². The normalized spacial score (nSPS) is 16.8. The average molecular weight is 367 g/mol. The molecule has 0 saturated carbocycles. The number of thioether (sulfide) groups is 1. The maximum atomic E-state index is 12.3. The molecule has 1 aromatic carbocycles. The van der Waals surface area contributed by atoms with E-state index in [2.05, 4.69) is 5.32 Å². The van der Waals surface area contributed by atoms with Crippen LogP contribution in [-0.2, 0) is 9.59 Å². The van der Waals surface area contributed by atoms with Crippen molar-refractivity contribution in [1.82, 2.24) is 10.2 Å². The number of imide groups is 1. The second kappa shape index (κ2) is 7.40. The van der Waals surface area contributed by atoms with Gasteiger partial charge in [-0.1, -0.05) is 44.5 Å². The molecule has 7 heteroatoms. The van der Waals surface area contributed by atoms with Crippen molar-refractivity contribution in [2.24, 2.45) is 5.41 Å². The van der Waals surface area contributed by atoms with E-state index >= 15 is 0 Å². The summed E-state index contributed by atoms with van der Waals surface area (Å²) in [6.45, 7) is 5.80. The SMILES string of the molecule is CC(C)(C)C(=O)NCCN1C(=O)S/C(=C/c2ccc(Cl)cc2)C1=O. The number of benzene rings is 1. The lowest BCUT2D eigenvalue weighted by Crippen LogP contribution is -2.41. The Morgan fingerprint density at radius 1 is 1.25 bits per heavy atom. The number of hydrogen-bond acceptors (Lipinski definition) is 4. The van der Waals surface area contributed by atoms with Gasteiger partial charge in [0.2, 0.25) is 5.91 Å². The summed E-state index contributed by atoms with van der Waals surface area (Å²) in [6.07, 6.45) is 1.66. The minimum Gasteiger partial charge on any atom is -0.354 e. The summed E-state index contributed by atoms with van der Waals surface area (Å²) in [5.41, 5.74) is 0.291. The van der Waals surface area contributed by atoms with Crippen LogP contribution in [0.2, 0.25) is 5.02 Å². The second-order valence-electron chi connectivity index (χ2n) is 6.39. The summed E-state index contributed by atoms with van der Waals surface area (Å²) in [7, 11) is 0. The second-order valence-corrected chi connectivity index (χ2v) is 7.82. The standard InChI is InChI=1S/C17H19ClN2O3S/c1-17(2,3)15(22)19-8-9-20-14(21)13(24-16(20)23)10-11-4-6-12(18)7-5-11/h4-7,10H,8-9H2,1-3H3,(H,19,22)/b13-10+. The Morgan fingerprint density at radius 3 is 2.46 bits per heavy atom. The summed E-state index contributed by atoms with van der Waals surface area (Å²) in [4.78, 5) is 37.7. The van der Waals surface area contributed by atoms with Gasteiger partial charge in [0.05, 0.1) is 4.91 Å². The van der Waals surface area contributed by atoms with E-state index < -0.39 is 5.41 Å². The molecule has 5 nitrogen and oxygen atoms in total. The molecule has 3 amide bonds. The van der Waals surface area contributed by atoms with Gasteiger partial charge in [-0.05, 0) is 35.5 Å². The van der Waals surface area contributed by atoms with Gasteiger partial charge in [0.1, 0.15) is 0 Å². The Labute approximate surface area is 150 Å². The Balaban J connectivity index is 1.99. The van der Waals surface area contributed by atoms with Gasteiger partial charge in [-0.25, -0.2) is 0 Å². The highest BCUT2D eigenvalue weighted by Crippen LogP contribution is 2.32. The molecule has 0 unspecified atom stereocenters. The van der Waals surface area contributed by atoms with Crippen molar-refractivity contribution >= 4 is 46.5 Å². The first-order valence-corrected chi connectivity index (χ1v) is 8.67. The van der Waals surface area contributed by atoms with Crippen molar-refractivity contribution < 1.29 is 14.4 Å². The van der Waals surface area contributed by atoms with Crippen molar-refractivity contribution in [2.75, 3.05) is 13.1 Å². The van der Waals surface area contributed by atoms with Gasteiger partial charge < -0.3 is 5.32 Å². The Bertz CT molecular complexity index is 693. The number of amides is 3. The maximum absolute atomic E-state index is 12.3. The molecule has 1 fully saturated rings. The van der Waals surface area contributed by atoms with E-state index in [-0.39, 0.29) is 30.1 Å². The Morgan fingerprint density at radius 2 is 1.88 bits per heavy atom. The van der Waals surface area contributed by atoms with Crippen LogP contribution >= 0.6 is 23.4 Å². The van der Waals surface area contributed by atoms with Crippen LogP contribution in [-0.4, -0.2) is 35.0 Å². The van der Waals surface area contributed by atoms with Gasteiger partial charge in [0, 0.05) is 23.5 Å². The highest BCUT2D eigenvalue weighted by molar-refractivity contribution is 8.18. The lowest BCUT2D eigenvalue weighted by molar-refractivity contribution is -0.129. The predicted molar refractivity (Wildman–Crippen MR) is 96.6 cm³/mol. The topological polar surface area (TPSA) is 66.5 Å². The van der Waals surface area contributed by atoms with Crippen LogP contribution < -0.4 is 5.32 Å². The number of halogens is 1. The van der Waals surface area contributed by atoms with Crippen molar-refractivity contribution in [3.8, 4) is 0 Å². The third-order valence-corrected chi connectivity index (χ3v) is 4.50. The van der Waals surface area contributed by atoms with Crippen LogP contribution in [0.4, 0.5) is 4.79 Å². The molecule has 0 spiro atoms. The zero-order valence-electron chi connectivity index (χ0n) is 13.8. The number of carbonyl (C=O) groups excluding carboxylic acids is 3. The van der Waals surface area contributed by atoms with E-state index in [1.807, 2.05) is 0 Å². The zero-order chi connectivity index (χ0) is 17.9. The Hall–Kier alpha value is -1.79. The highest BCUT2D eigenvalue weighted by atomic mass is 35.5. The fourth-order valence-corrected chi connectivity index (χ4v) is 2.94. The van der Waals surface area contributed by atoms with Crippen LogP contribution in [0.5, 0.6) is 0 Å². The van der Waals surface area contributed by atoms with Gasteiger partial charge in [-0.2, -0.15) is 0 Å². The number of rotatable bonds is 4. The molecule has 2 rings (SSSR count). The molecule has 1 heterocycles. The molecule has 1 N–H and O–H groups in total. The molecule has 24 heavy (non-hydrogen) atoms. The smallest absolute Gasteiger partial charge is 0.293 e. The summed E-state index contributed by atoms with van der Waals surface area (Å²) in [5, 5.41) is 3.01. The fraction of sp³-hybridized carbons (Fsp3) is 0.353. The van der Waals surface area contributed by atoms with Gasteiger partial charge in [-0.15, -0.1) is 0 Å². The molecule has 1 saturated heterocycles. The van der Waals surface area contributed by atoms with Gasteiger partial charge >= 0.3 is 0 Å². The molecular weight excluding hydrogens is 348 g/mol. The number of carbonyl (C=O) groups is 3. The van der Waals surface area contributed by atoms with Crippen LogP contribution in [0, 0.1) is 5.41 Å². The van der Waals surface area contributed by atoms with Crippen molar-refractivity contribution in [3.05, 3.63) is 39.8 Å². The number of nitrogens with one attached hydrogen (secondary N) is 1. The summed E-state index contributed by atoms with van der Waals surface area (Å²) < 4.78 is 0. The first-order chi connectivity index (χ1) is 11.2. The van der Waals surface area contributed by atoms with E-state index in [1.165, 1.54) is 0 Å². The quantitative estimate of drug-likeness (QED) is 0.828. The van der Waals surface area contributed by atoms with E-state index in [1.54, 1.807) is 51.1 Å². The van der Waals surface area contributed by atoms with Crippen LogP contribution in [0.3, 0.4) is 0 Å². The lowest BCUT2D eigenvalue weighted by atomic mass is 9.96. The van der Waals surface area contributed by atoms with Crippen LogP contribution in [0.15, 0.2) is 29.2 Å². The zero-order valence-corrected chi connectivity index (χ0v) is 15.3. The van der Waals surface area contributed by atoms with Crippen LogP contribution in [0.25, 0.3) is 6.08 Å². The minimum atomic E-state index is -0.507. The third kappa shape index (κ3) is 4.61. The molecule has 1 aromatic rings. The molecule has 1 aliphatic heterocycles.